The van der Waals surface area contributed by atoms with E-state index in [4.69, 9.17) is 4.74 Å². The Labute approximate surface area is 119 Å². The monoisotopic (exact) mass is 269 g/mol. The maximum Gasteiger partial charge on any atom is 0.128 e. The van der Waals surface area contributed by atoms with Crippen LogP contribution in [-0.2, 0) is 0 Å². The molecule has 3 rings (SSSR count). The third-order valence-electron chi connectivity index (χ3n) is 3.77. The number of aromatic nitrogens is 2. The van der Waals surface area contributed by atoms with E-state index in [-0.39, 0.29) is 0 Å². The smallest absolute Gasteiger partial charge is 0.128 e. The molecule has 1 aliphatic heterocycles. The number of benzene rings is 1. The fourth-order valence-corrected chi connectivity index (χ4v) is 2.78. The summed E-state index contributed by atoms with van der Waals surface area (Å²) in [6, 6.07) is 7.99. The average Bonchev–Trinajstić information content (AvgIpc) is 2.55. The van der Waals surface area contributed by atoms with Gasteiger partial charge in [0.05, 0.1) is 18.5 Å². The first kappa shape index (κ1) is 13.1. The minimum Gasteiger partial charge on any atom is -0.496 e. The van der Waals surface area contributed by atoms with Crippen LogP contribution in [0, 0.1) is 0 Å². The van der Waals surface area contributed by atoms with Gasteiger partial charge in [-0.1, -0.05) is 12.1 Å². The maximum atomic E-state index is 5.46. The van der Waals surface area contributed by atoms with E-state index in [0.717, 1.165) is 42.2 Å². The van der Waals surface area contributed by atoms with E-state index in [0.29, 0.717) is 5.92 Å². The van der Waals surface area contributed by atoms with Gasteiger partial charge in [0.2, 0.25) is 0 Å². The van der Waals surface area contributed by atoms with E-state index in [9.17, 15) is 0 Å². The Balaban J connectivity index is 2.05. The number of piperidine rings is 1. The van der Waals surface area contributed by atoms with E-state index >= 15 is 0 Å². The quantitative estimate of drug-likeness (QED) is 0.930. The van der Waals surface area contributed by atoms with Crippen molar-refractivity contribution in [1.82, 2.24) is 15.3 Å². The Hall–Kier alpha value is -1.94. The molecule has 0 amide bonds. The summed E-state index contributed by atoms with van der Waals surface area (Å²) in [6.07, 6.45) is 5.88. The lowest BCUT2D eigenvalue weighted by Crippen LogP contribution is -2.29. The van der Waals surface area contributed by atoms with Crippen LogP contribution in [0.15, 0.2) is 36.7 Å². The topological polar surface area (TPSA) is 47.0 Å². The number of nitrogens with zero attached hydrogens (tertiary/aromatic N) is 2. The summed E-state index contributed by atoms with van der Waals surface area (Å²) in [5.74, 6) is 1.27. The number of hydrogen-bond donors (Lipinski definition) is 1. The molecule has 4 heteroatoms. The van der Waals surface area contributed by atoms with Gasteiger partial charge in [-0.3, -0.25) is 9.97 Å². The molecular weight excluding hydrogens is 250 g/mol. The van der Waals surface area contributed by atoms with Crippen LogP contribution in [0.5, 0.6) is 5.75 Å². The highest BCUT2D eigenvalue weighted by Gasteiger charge is 2.22. The van der Waals surface area contributed by atoms with Crippen molar-refractivity contribution in [3.63, 3.8) is 0 Å². The van der Waals surface area contributed by atoms with Gasteiger partial charge in [0.25, 0.3) is 0 Å². The number of rotatable bonds is 3. The number of methoxy groups -OCH3 is 1. The van der Waals surface area contributed by atoms with Gasteiger partial charge in [-0.2, -0.15) is 0 Å². The lowest BCUT2D eigenvalue weighted by Gasteiger charge is -2.24. The van der Waals surface area contributed by atoms with Crippen molar-refractivity contribution in [2.24, 2.45) is 0 Å². The second-order valence-corrected chi connectivity index (χ2v) is 5.03. The standard InChI is InChI=1S/C16H19N3O/c1-20-14-7-3-2-6-13(14)16-15(18-9-10-19-16)12-5-4-8-17-11-12/h2-3,6-7,9-10,12,17H,4-5,8,11H2,1H3/t12-/m0/s1. The molecule has 1 aromatic carbocycles. The molecule has 0 aliphatic carbocycles. The van der Waals surface area contributed by atoms with E-state index in [1.54, 1.807) is 19.5 Å². The minimum atomic E-state index is 0.428. The minimum absolute atomic E-state index is 0.428. The van der Waals surface area contributed by atoms with Crippen molar-refractivity contribution in [2.45, 2.75) is 18.8 Å². The summed E-state index contributed by atoms with van der Waals surface area (Å²) < 4.78 is 5.46. The first-order valence-electron chi connectivity index (χ1n) is 7.05. The van der Waals surface area contributed by atoms with Crippen LogP contribution in [0.3, 0.4) is 0 Å². The van der Waals surface area contributed by atoms with Gasteiger partial charge < -0.3 is 10.1 Å². The van der Waals surface area contributed by atoms with Gasteiger partial charge in [-0.15, -0.1) is 0 Å². The van der Waals surface area contributed by atoms with Crippen molar-refractivity contribution in [3.8, 4) is 17.0 Å². The second kappa shape index (κ2) is 6.01. The molecule has 2 aromatic rings. The van der Waals surface area contributed by atoms with Crippen molar-refractivity contribution in [2.75, 3.05) is 20.2 Å². The maximum absolute atomic E-state index is 5.46. The molecule has 0 saturated carbocycles. The summed E-state index contributed by atoms with van der Waals surface area (Å²) in [7, 11) is 1.69. The molecule has 1 atom stereocenters. The predicted octanol–water partition coefficient (Wildman–Crippen LogP) is 2.62. The van der Waals surface area contributed by atoms with Crippen LogP contribution >= 0.6 is 0 Å². The average molecular weight is 269 g/mol. The van der Waals surface area contributed by atoms with E-state index < -0.39 is 0 Å². The summed E-state index contributed by atoms with van der Waals surface area (Å²) in [5, 5.41) is 3.44. The van der Waals surface area contributed by atoms with Gasteiger partial charge in [0.15, 0.2) is 0 Å². The van der Waals surface area contributed by atoms with E-state index in [1.165, 1.54) is 6.42 Å². The molecular formula is C16H19N3O. The van der Waals surface area contributed by atoms with Gasteiger partial charge in [0, 0.05) is 30.4 Å². The fraction of sp³-hybridized carbons (Fsp3) is 0.375. The van der Waals surface area contributed by atoms with Crippen LogP contribution in [0.2, 0.25) is 0 Å². The van der Waals surface area contributed by atoms with Crippen molar-refractivity contribution >= 4 is 0 Å². The zero-order valence-corrected chi connectivity index (χ0v) is 11.7. The van der Waals surface area contributed by atoms with E-state index in [1.807, 2.05) is 24.3 Å². The normalized spacial score (nSPS) is 18.8. The summed E-state index contributed by atoms with van der Waals surface area (Å²) >= 11 is 0. The molecule has 20 heavy (non-hydrogen) atoms. The van der Waals surface area contributed by atoms with Gasteiger partial charge >= 0.3 is 0 Å². The Kier molecular flexibility index (Phi) is 3.92. The molecule has 0 bridgehead atoms. The molecule has 1 fully saturated rings. The number of para-hydroxylation sites is 1. The molecule has 1 aromatic heterocycles. The third-order valence-corrected chi connectivity index (χ3v) is 3.77. The largest absolute Gasteiger partial charge is 0.496 e. The van der Waals surface area contributed by atoms with Crippen molar-refractivity contribution in [1.29, 1.82) is 0 Å². The highest BCUT2D eigenvalue weighted by molar-refractivity contribution is 5.69. The van der Waals surface area contributed by atoms with Crippen LogP contribution in [0.25, 0.3) is 11.3 Å². The van der Waals surface area contributed by atoms with Gasteiger partial charge in [-0.25, -0.2) is 0 Å². The van der Waals surface area contributed by atoms with Crippen LogP contribution in [0.1, 0.15) is 24.5 Å². The molecule has 0 radical (unpaired) electrons. The first-order valence-corrected chi connectivity index (χ1v) is 7.05. The highest BCUT2D eigenvalue weighted by Crippen LogP contribution is 2.34. The zero-order chi connectivity index (χ0) is 13.8. The molecule has 1 saturated heterocycles. The van der Waals surface area contributed by atoms with Crippen molar-refractivity contribution < 1.29 is 4.74 Å². The van der Waals surface area contributed by atoms with Crippen molar-refractivity contribution in [3.05, 3.63) is 42.4 Å². The number of nitrogens with one attached hydrogen (secondary N) is 1. The summed E-state index contributed by atoms with van der Waals surface area (Å²) in [4.78, 5) is 9.16. The SMILES string of the molecule is COc1ccccc1-c1nccnc1[C@H]1CCCNC1. The third kappa shape index (κ3) is 2.51. The van der Waals surface area contributed by atoms with E-state index in [2.05, 4.69) is 15.3 Å². The fourth-order valence-electron chi connectivity index (χ4n) is 2.78. The van der Waals surface area contributed by atoms with Gasteiger partial charge in [-0.05, 0) is 31.5 Å². The zero-order valence-electron chi connectivity index (χ0n) is 11.7. The molecule has 1 N–H and O–H groups in total. The predicted molar refractivity (Wildman–Crippen MR) is 78.9 cm³/mol. The Morgan fingerprint density at radius 3 is 2.85 bits per heavy atom. The molecule has 0 spiro atoms. The molecule has 104 valence electrons. The van der Waals surface area contributed by atoms with Crippen LogP contribution in [-0.4, -0.2) is 30.2 Å². The molecule has 0 unspecified atom stereocenters. The number of hydrogen-bond acceptors (Lipinski definition) is 4. The highest BCUT2D eigenvalue weighted by atomic mass is 16.5. The summed E-state index contributed by atoms with van der Waals surface area (Å²) in [5.41, 5.74) is 3.03. The lowest BCUT2D eigenvalue weighted by atomic mass is 9.92. The first-order chi connectivity index (χ1) is 9.90. The Morgan fingerprint density at radius 2 is 2.05 bits per heavy atom. The Bertz CT molecular complexity index is 579. The molecule has 2 heterocycles. The molecule has 4 nitrogen and oxygen atoms in total. The second-order valence-electron chi connectivity index (χ2n) is 5.03. The lowest BCUT2D eigenvalue weighted by molar-refractivity contribution is 0.416. The summed E-state index contributed by atoms with van der Waals surface area (Å²) in [6.45, 7) is 2.07. The molecule has 1 aliphatic rings. The van der Waals surface area contributed by atoms with Crippen LogP contribution < -0.4 is 10.1 Å². The number of ether oxygens (including phenoxy) is 1. The Morgan fingerprint density at radius 1 is 1.20 bits per heavy atom. The van der Waals surface area contributed by atoms with Gasteiger partial charge in [0.1, 0.15) is 5.75 Å². The van der Waals surface area contributed by atoms with Crippen LogP contribution in [0.4, 0.5) is 0 Å².